The zero-order valence-corrected chi connectivity index (χ0v) is 18.6. The number of rotatable bonds is 5. The van der Waals surface area contributed by atoms with E-state index < -0.39 is 0 Å². The molecule has 2 aromatic rings. The van der Waals surface area contributed by atoms with Gasteiger partial charge in [-0.2, -0.15) is 0 Å². The Kier molecular flexibility index (Phi) is 6.41. The number of aliphatic imine (C=N–C) groups is 1. The second-order valence-electron chi connectivity index (χ2n) is 7.64. The molecule has 2 saturated heterocycles. The molecule has 2 aliphatic rings. The zero-order valence-electron chi connectivity index (χ0n) is 17.8. The highest BCUT2D eigenvalue weighted by Gasteiger charge is 2.30. The van der Waals surface area contributed by atoms with Gasteiger partial charge >= 0.3 is 0 Å². The van der Waals surface area contributed by atoms with E-state index in [9.17, 15) is 4.79 Å². The van der Waals surface area contributed by atoms with Crippen molar-refractivity contribution in [2.75, 3.05) is 39.9 Å². The maximum Gasteiger partial charge on any atom is 0.266 e. The predicted molar refractivity (Wildman–Crippen MR) is 123 cm³/mol. The lowest BCUT2D eigenvalue weighted by atomic mass is 10.2. The van der Waals surface area contributed by atoms with Gasteiger partial charge in [0.2, 0.25) is 0 Å². The van der Waals surface area contributed by atoms with Gasteiger partial charge in [0, 0.05) is 44.6 Å². The van der Waals surface area contributed by atoms with E-state index in [0.717, 1.165) is 50.6 Å². The highest BCUT2D eigenvalue weighted by molar-refractivity contribution is 8.18. The van der Waals surface area contributed by atoms with E-state index in [1.54, 1.807) is 11.9 Å². The molecule has 0 atom stereocenters. The van der Waals surface area contributed by atoms with Gasteiger partial charge in [0.1, 0.15) is 0 Å². The van der Waals surface area contributed by atoms with Crippen LogP contribution in [0.2, 0.25) is 0 Å². The second kappa shape index (κ2) is 9.20. The van der Waals surface area contributed by atoms with Crippen LogP contribution in [0.1, 0.15) is 17.0 Å². The number of thioether (sulfide) groups is 1. The number of amides is 1. The SMILES string of the molecule is Cc1cc(/C=C2\SC(=Nc3ccccc3)N(C)C2=O)c(C)n1CCN1CCOCC1. The smallest absolute Gasteiger partial charge is 0.266 e. The van der Waals surface area contributed by atoms with Gasteiger partial charge in [0.05, 0.1) is 23.8 Å². The summed E-state index contributed by atoms with van der Waals surface area (Å²) >= 11 is 1.43. The number of hydrogen-bond acceptors (Lipinski definition) is 5. The molecule has 3 heterocycles. The third-order valence-corrected chi connectivity index (χ3v) is 6.69. The van der Waals surface area contributed by atoms with Gasteiger partial charge < -0.3 is 9.30 Å². The molecule has 158 valence electrons. The topological polar surface area (TPSA) is 50.1 Å². The fourth-order valence-corrected chi connectivity index (χ4v) is 4.77. The van der Waals surface area contributed by atoms with Crippen LogP contribution in [0, 0.1) is 13.8 Å². The zero-order chi connectivity index (χ0) is 21.1. The number of hydrogen-bond donors (Lipinski definition) is 0. The monoisotopic (exact) mass is 424 g/mol. The summed E-state index contributed by atoms with van der Waals surface area (Å²) in [7, 11) is 1.78. The molecule has 2 fully saturated rings. The van der Waals surface area contributed by atoms with Crippen LogP contribution in [0.5, 0.6) is 0 Å². The van der Waals surface area contributed by atoms with E-state index in [1.165, 1.54) is 23.1 Å². The number of ether oxygens (including phenoxy) is 1. The Morgan fingerprint density at radius 1 is 1.13 bits per heavy atom. The van der Waals surface area contributed by atoms with Gasteiger partial charge in [0.15, 0.2) is 5.17 Å². The molecule has 0 spiro atoms. The maximum absolute atomic E-state index is 12.8. The van der Waals surface area contributed by atoms with Crippen molar-refractivity contribution in [3.05, 3.63) is 58.3 Å². The third kappa shape index (κ3) is 4.53. The van der Waals surface area contributed by atoms with E-state index in [1.807, 2.05) is 36.4 Å². The molecular formula is C23H28N4O2S. The van der Waals surface area contributed by atoms with Crippen molar-refractivity contribution in [1.82, 2.24) is 14.4 Å². The summed E-state index contributed by atoms with van der Waals surface area (Å²) in [6, 6.07) is 11.9. The molecule has 1 aromatic carbocycles. The average molecular weight is 425 g/mol. The predicted octanol–water partition coefficient (Wildman–Crippen LogP) is 3.67. The van der Waals surface area contributed by atoms with Crippen molar-refractivity contribution in [2.24, 2.45) is 4.99 Å². The minimum absolute atomic E-state index is 0.00667. The first-order valence-corrected chi connectivity index (χ1v) is 11.1. The molecule has 0 saturated carbocycles. The summed E-state index contributed by atoms with van der Waals surface area (Å²) in [5.41, 5.74) is 4.36. The minimum Gasteiger partial charge on any atom is -0.379 e. The van der Waals surface area contributed by atoms with Crippen LogP contribution in [-0.4, -0.2) is 65.3 Å². The Balaban J connectivity index is 1.51. The average Bonchev–Trinajstić information content (AvgIpc) is 3.18. The Morgan fingerprint density at radius 2 is 1.87 bits per heavy atom. The Bertz CT molecular complexity index is 975. The maximum atomic E-state index is 12.8. The molecular weight excluding hydrogens is 396 g/mol. The number of carbonyl (C=O) groups is 1. The molecule has 0 radical (unpaired) electrons. The molecule has 7 heteroatoms. The lowest BCUT2D eigenvalue weighted by Gasteiger charge is -2.27. The van der Waals surface area contributed by atoms with Crippen LogP contribution in [0.15, 0.2) is 46.3 Å². The summed E-state index contributed by atoms with van der Waals surface area (Å²) in [6.45, 7) is 9.86. The Labute approximate surface area is 182 Å². The first-order valence-electron chi connectivity index (χ1n) is 10.3. The summed E-state index contributed by atoms with van der Waals surface area (Å²) in [5, 5.41) is 0.707. The number of benzene rings is 1. The Hall–Kier alpha value is -2.35. The van der Waals surface area contributed by atoms with E-state index in [-0.39, 0.29) is 5.91 Å². The van der Waals surface area contributed by atoms with Gasteiger partial charge in [-0.3, -0.25) is 14.6 Å². The summed E-state index contributed by atoms with van der Waals surface area (Å²) < 4.78 is 7.78. The highest BCUT2D eigenvalue weighted by atomic mass is 32.2. The lowest BCUT2D eigenvalue weighted by molar-refractivity contribution is -0.121. The molecule has 6 nitrogen and oxygen atoms in total. The van der Waals surface area contributed by atoms with Crippen LogP contribution in [0.3, 0.4) is 0 Å². The molecule has 4 rings (SSSR count). The van der Waals surface area contributed by atoms with Crippen LogP contribution >= 0.6 is 11.8 Å². The van der Waals surface area contributed by atoms with E-state index in [0.29, 0.717) is 10.1 Å². The summed E-state index contributed by atoms with van der Waals surface area (Å²) in [6.07, 6.45) is 2.00. The van der Waals surface area contributed by atoms with Gasteiger partial charge in [-0.05, 0) is 55.4 Å². The van der Waals surface area contributed by atoms with E-state index >= 15 is 0 Å². The fraction of sp³-hybridized carbons (Fsp3) is 0.391. The van der Waals surface area contributed by atoms with Crippen LogP contribution in [0.4, 0.5) is 5.69 Å². The summed E-state index contributed by atoms with van der Waals surface area (Å²) in [4.78, 5) is 22.2. The van der Waals surface area contributed by atoms with Gasteiger partial charge in [-0.25, -0.2) is 4.99 Å². The highest BCUT2D eigenvalue weighted by Crippen LogP contribution is 2.34. The minimum atomic E-state index is -0.00667. The van der Waals surface area contributed by atoms with Crippen molar-refractivity contribution in [3.63, 3.8) is 0 Å². The number of para-hydroxylation sites is 1. The number of likely N-dealkylation sites (N-methyl/N-ethyl adjacent to an activating group) is 1. The second-order valence-corrected chi connectivity index (χ2v) is 8.65. The number of amidine groups is 1. The van der Waals surface area contributed by atoms with Crippen LogP contribution in [-0.2, 0) is 16.1 Å². The van der Waals surface area contributed by atoms with Crippen molar-refractivity contribution in [3.8, 4) is 0 Å². The number of carbonyl (C=O) groups excluding carboxylic acids is 1. The van der Waals surface area contributed by atoms with Gasteiger partial charge in [0.25, 0.3) is 5.91 Å². The van der Waals surface area contributed by atoms with Gasteiger partial charge in [-0.1, -0.05) is 18.2 Å². The van der Waals surface area contributed by atoms with Crippen molar-refractivity contribution in [2.45, 2.75) is 20.4 Å². The van der Waals surface area contributed by atoms with Crippen molar-refractivity contribution in [1.29, 1.82) is 0 Å². The number of morpholine rings is 1. The number of aryl methyl sites for hydroxylation is 1. The number of nitrogens with zero attached hydrogens (tertiary/aromatic N) is 4. The van der Waals surface area contributed by atoms with Gasteiger partial charge in [-0.15, -0.1) is 0 Å². The molecule has 0 aliphatic carbocycles. The first-order chi connectivity index (χ1) is 14.5. The quantitative estimate of drug-likeness (QED) is 0.687. The molecule has 30 heavy (non-hydrogen) atoms. The van der Waals surface area contributed by atoms with E-state index in [2.05, 4.69) is 34.4 Å². The Morgan fingerprint density at radius 3 is 2.60 bits per heavy atom. The molecule has 0 N–H and O–H groups in total. The number of aromatic nitrogens is 1. The molecule has 2 aliphatic heterocycles. The summed E-state index contributed by atoms with van der Waals surface area (Å²) in [5.74, 6) is -0.00667. The molecule has 1 aromatic heterocycles. The van der Waals surface area contributed by atoms with Crippen LogP contribution in [0.25, 0.3) is 6.08 Å². The molecule has 0 bridgehead atoms. The normalized spacial score (nSPS) is 20.6. The third-order valence-electron chi connectivity index (χ3n) is 5.63. The lowest BCUT2D eigenvalue weighted by Crippen LogP contribution is -2.38. The largest absolute Gasteiger partial charge is 0.379 e. The van der Waals surface area contributed by atoms with Crippen molar-refractivity contribution >= 4 is 34.6 Å². The molecule has 0 unspecified atom stereocenters. The molecule has 1 amide bonds. The van der Waals surface area contributed by atoms with Crippen LogP contribution < -0.4 is 0 Å². The first kappa shape index (κ1) is 20.9. The van der Waals surface area contributed by atoms with Crippen molar-refractivity contribution < 1.29 is 9.53 Å². The van der Waals surface area contributed by atoms with E-state index in [4.69, 9.17) is 4.74 Å². The fourth-order valence-electron chi connectivity index (χ4n) is 3.79. The standard InChI is InChI=1S/C23H28N4O2S/c1-17-15-19(18(2)27(17)10-9-26-11-13-29-14-12-26)16-21-22(28)25(3)23(30-21)24-20-7-5-4-6-8-20/h4-8,15-16H,9-14H2,1-3H3/b21-16-,24-23?.